The van der Waals surface area contributed by atoms with Crippen molar-refractivity contribution in [2.24, 2.45) is 11.8 Å². The van der Waals surface area contributed by atoms with Crippen molar-refractivity contribution in [2.45, 2.75) is 39.8 Å². The van der Waals surface area contributed by atoms with Crippen LogP contribution in [0.15, 0.2) is 243 Å². The monoisotopic (exact) mass is 1270 g/mol. The van der Waals surface area contributed by atoms with E-state index in [1.54, 1.807) is 0 Å². The van der Waals surface area contributed by atoms with Crippen molar-refractivity contribution in [2.75, 3.05) is 0 Å². The van der Waals surface area contributed by atoms with Crippen molar-refractivity contribution in [3.63, 3.8) is 0 Å². The smallest absolute Gasteiger partial charge is 0.391 e. The molecule has 8 aromatic rings. The van der Waals surface area contributed by atoms with Gasteiger partial charge in [-0.25, -0.2) is 0 Å². The van der Waals surface area contributed by atoms with Crippen molar-refractivity contribution in [3.05, 3.63) is 243 Å². The van der Waals surface area contributed by atoms with Gasteiger partial charge in [0.15, 0.2) is 0 Å². The van der Waals surface area contributed by atoms with Gasteiger partial charge >= 0.3 is 88.0 Å². The van der Waals surface area contributed by atoms with Gasteiger partial charge in [0.1, 0.15) is 0 Å². The molecule has 6 aliphatic rings. The van der Waals surface area contributed by atoms with E-state index >= 15 is 0 Å². The molecule has 0 amide bonds. The summed E-state index contributed by atoms with van der Waals surface area (Å²) in [5.74, 6) is -0.569. The second kappa shape index (κ2) is 21.7. The van der Waals surface area contributed by atoms with E-state index in [9.17, 15) is 9.59 Å². The van der Waals surface area contributed by atoms with E-state index in [4.69, 9.17) is 57.6 Å². The molecule has 420 valence electrons. The van der Waals surface area contributed by atoms with E-state index < -0.39 is 88.0 Å². The van der Waals surface area contributed by atoms with Crippen molar-refractivity contribution in [1.29, 1.82) is 0 Å². The van der Waals surface area contributed by atoms with Gasteiger partial charge in [0.05, 0.1) is 0 Å². The first-order valence-corrected chi connectivity index (χ1v) is 45.0. The minimum atomic E-state index is -5.34. The van der Waals surface area contributed by atoms with E-state index in [0.717, 1.165) is 0 Å². The van der Waals surface area contributed by atoms with Crippen molar-refractivity contribution < 1.29 is 67.2 Å². The molecule has 6 heterocycles. The topological polar surface area (TPSA) is 170 Å². The summed E-state index contributed by atoms with van der Waals surface area (Å²) in [5, 5.41) is 3.01. The molecular formula is C56H60O16Si10. The van der Waals surface area contributed by atoms with Crippen LogP contribution < -0.4 is 41.5 Å². The molecule has 6 aliphatic heterocycles. The highest BCUT2D eigenvalue weighted by molar-refractivity contribution is 7.12. The van der Waals surface area contributed by atoms with Crippen molar-refractivity contribution in [3.8, 4) is 0 Å². The molecule has 26 heteroatoms. The van der Waals surface area contributed by atoms with Crippen LogP contribution in [0.25, 0.3) is 0 Å². The summed E-state index contributed by atoms with van der Waals surface area (Å²) in [5.41, 5.74) is 0. The van der Waals surface area contributed by atoms with Crippen molar-refractivity contribution in [1.82, 2.24) is 0 Å². The Morgan fingerprint density at radius 3 is 0.463 bits per heavy atom. The Balaban J connectivity index is 1.33. The summed E-state index contributed by atoms with van der Waals surface area (Å²) in [6.45, 7) is 7.89. The van der Waals surface area contributed by atoms with Crippen LogP contribution in [0.5, 0.6) is 0 Å². The second-order valence-electron chi connectivity index (χ2n) is 21.4. The molecule has 8 aromatic carbocycles. The molecular weight excluding hydrogens is 1210 g/mol. The first-order valence-electron chi connectivity index (χ1n) is 27.3. The quantitative estimate of drug-likeness (QED) is 0.167. The third-order valence-electron chi connectivity index (χ3n) is 14.2. The number of hydrogen-bond donors (Lipinski definition) is 2. The normalized spacial score (nSPS) is 34.3. The molecule has 16 nitrogen and oxygen atoms in total. The summed E-state index contributed by atoms with van der Waals surface area (Å²) in [6, 6.07) is 73.8. The molecule has 14 rings (SSSR count). The van der Waals surface area contributed by atoms with Crippen LogP contribution in [0, 0.1) is 11.8 Å². The van der Waals surface area contributed by atoms with Gasteiger partial charge < -0.3 is 67.2 Å². The summed E-state index contributed by atoms with van der Waals surface area (Å²) < 4.78 is 114. The van der Waals surface area contributed by atoms with Crippen LogP contribution in [0.2, 0.25) is 12.1 Å². The molecule has 0 unspecified atom stereocenters. The minimum absolute atomic E-state index is 0.0637. The van der Waals surface area contributed by atoms with Crippen LogP contribution in [-0.2, 0) is 57.6 Å². The Hall–Kier alpha value is -4.71. The third kappa shape index (κ3) is 10.3. The first kappa shape index (κ1) is 56.4. The molecule has 82 heavy (non-hydrogen) atoms. The molecule has 6 fully saturated rings. The van der Waals surface area contributed by atoms with Crippen LogP contribution in [0.3, 0.4) is 0 Å². The summed E-state index contributed by atoms with van der Waals surface area (Å²) in [6.07, 6.45) is 0. The predicted octanol–water partition coefficient (Wildman–Crippen LogP) is 4.23. The molecule has 0 aromatic heterocycles. The van der Waals surface area contributed by atoms with Gasteiger partial charge in [-0.3, -0.25) is 0 Å². The SMILES string of the molecule is CC(C)C[Si]1(O)O[Si]2(c3ccccc3)O[Si]3(c4ccccc4)O[Si]4(c5ccccc5)O[Si](O)(CC(C)C)O[Si]5(c6ccccc6)O[Si](c6ccccc6)(O[Si](c6ccccc6)(O1)O[Si](c1ccccc1)(O5)O[Si](c1ccccc1)(O2)O4)O3. The molecule has 0 spiro atoms. The summed E-state index contributed by atoms with van der Waals surface area (Å²) >= 11 is 0. The van der Waals surface area contributed by atoms with Gasteiger partial charge in [-0.05, 0) is 11.8 Å². The van der Waals surface area contributed by atoms with E-state index in [-0.39, 0.29) is 23.9 Å². The first-order chi connectivity index (χ1) is 39.6. The zero-order valence-electron chi connectivity index (χ0n) is 45.3. The number of hydrogen-bond acceptors (Lipinski definition) is 16. The van der Waals surface area contributed by atoms with Gasteiger partial charge in [0, 0.05) is 53.6 Å². The lowest BCUT2D eigenvalue weighted by molar-refractivity contribution is 0.0106. The van der Waals surface area contributed by atoms with Gasteiger partial charge in [-0.2, -0.15) is 0 Å². The van der Waals surface area contributed by atoms with Gasteiger partial charge in [-0.15, -0.1) is 0 Å². The largest absolute Gasteiger partial charge is 0.515 e. The number of benzene rings is 8. The molecule has 0 atom stereocenters. The fourth-order valence-electron chi connectivity index (χ4n) is 10.9. The maximum Gasteiger partial charge on any atom is 0.515 e. The Morgan fingerprint density at radius 2 is 0.341 bits per heavy atom. The fourth-order valence-corrected chi connectivity index (χ4v) is 65.4. The highest BCUT2D eigenvalue weighted by Gasteiger charge is 2.84. The molecule has 6 saturated heterocycles. The zero-order valence-corrected chi connectivity index (χ0v) is 55.3. The van der Waals surface area contributed by atoms with Crippen LogP contribution in [0.1, 0.15) is 27.7 Å². The second-order valence-corrected chi connectivity index (χ2v) is 50.0. The number of fused-ring (bicyclic) bond motifs is 4. The van der Waals surface area contributed by atoms with Gasteiger partial charge in [0.25, 0.3) is 0 Å². The van der Waals surface area contributed by atoms with Gasteiger partial charge in [-0.1, -0.05) is 270 Å². The van der Waals surface area contributed by atoms with E-state index in [1.807, 2.05) is 270 Å². The maximum atomic E-state index is 14.5. The molecule has 0 aliphatic carbocycles. The molecule has 0 saturated carbocycles. The Kier molecular flexibility index (Phi) is 14.9. The lowest BCUT2D eigenvalue weighted by atomic mass is 10.3. The standard InChI is InChI=1S/C56H60O16Si10/c1-47(2)45-73(57)59-75(49-29-13-5-14-30-49)63-79(53-37-21-9-22-38-53)67-77(51-33-17-7-18-34-51)61-74(58,46-48(3)4)62-78(52-35-19-8-20-36-52)69-81(71-79,55-41-25-11-26-42-55)65-76(60-73,50-31-15-6-16-32-50)66-82(70-78,56-43-27-12-28-44-56)72-80(64-75,68-77)54-39-23-10-24-40-54/h5-44,47-48,57-58H,45-46H2,1-4H3. The Morgan fingerprint density at radius 1 is 0.220 bits per heavy atom. The van der Waals surface area contributed by atoms with E-state index in [0.29, 0.717) is 41.5 Å². The molecule has 0 radical (unpaired) electrons. The average Bonchev–Trinajstić information content (AvgIpc) is 0.853. The third-order valence-corrected chi connectivity index (χ3v) is 56.1. The zero-order chi connectivity index (χ0) is 56.4. The van der Waals surface area contributed by atoms with Crippen LogP contribution in [0.4, 0.5) is 0 Å². The molecule has 2 N–H and O–H groups in total. The van der Waals surface area contributed by atoms with Crippen molar-refractivity contribution >= 4 is 130 Å². The Bertz CT molecular complexity index is 3020. The van der Waals surface area contributed by atoms with E-state index in [2.05, 4.69) is 0 Å². The minimum Gasteiger partial charge on any atom is -0.391 e. The van der Waals surface area contributed by atoms with Gasteiger partial charge in [0.2, 0.25) is 0 Å². The highest BCUT2D eigenvalue weighted by Crippen LogP contribution is 2.47. The summed E-state index contributed by atoms with van der Waals surface area (Å²) in [7, 11) is -52.4. The lowest BCUT2D eigenvalue weighted by Crippen LogP contribution is -2.93. The Labute approximate surface area is 487 Å². The van der Waals surface area contributed by atoms with Crippen LogP contribution >= 0.6 is 0 Å². The highest BCUT2D eigenvalue weighted by atomic mass is 28.6. The van der Waals surface area contributed by atoms with Crippen LogP contribution in [-0.4, -0.2) is 97.6 Å². The maximum absolute atomic E-state index is 14.5. The molecule has 8 bridgehead atoms. The summed E-state index contributed by atoms with van der Waals surface area (Å²) in [4.78, 5) is 28.9. The average molecular weight is 1270 g/mol. The fraction of sp³-hybridized carbons (Fsp3) is 0.143. The van der Waals surface area contributed by atoms with E-state index in [1.165, 1.54) is 0 Å². The lowest BCUT2D eigenvalue weighted by Gasteiger charge is -2.60. The predicted molar refractivity (Wildman–Crippen MR) is 325 cm³/mol. The number of rotatable bonds is 12.